The number of piperidine rings is 1. The summed E-state index contributed by atoms with van der Waals surface area (Å²) in [5.74, 6) is -3.46. The van der Waals surface area contributed by atoms with Crippen LogP contribution in [0, 0.1) is 23.2 Å². The molecule has 12 nitrogen and oxygen atoms in total. The number of benzene rings is 1. The molecule has 3 N–H and O–H groups in total. The van der Waals surface area contributed by atoms with Crippen LogP contribution in [0.1, 0.15) is 92.7 Å². The highest BCUT2D eigenvalue weighted by Gasteiger charge is 2.69. The fraction of sp³-hybridized carbons (Fsp3) is 0.676. The van der Waals surface area contributed by atoms with Crippen molar-refractivity contribution in [2.75, 3.05) is 13.1 Å². The van der Waals surface area contributed by atoms with Crippen LogP contribution >= 0.6 is 0 Å². The van der Waals surface area contributed by atoms with Gasteiger partial charge in [-0.15, -0.1) is 0 Å². The van der Waals surface area contributed by atoms with Crippen molar-refractivity contribution in [3.05, 3.63) is 35.4 Å². The number of nitrogens with one attached hydrogen (secondary N) is 3. The zero-order valence-electron chi connectivity index (χ0n) is 30.4. The van der Waals surface area contributed by atoms with Crippen LogP contribution in [0.5, 0.6) is 0 Å². The molecule has 1 aromatic rings. The number of carbonyl (C=O) groups is 6. The molecule has 2 aliphatic carbocycles. The molecule has 1 aliphatic heterocycles. The molecule has 1 aromatic carbocycles. The van der Waals surface area contributed by atoms with Crippen LogP contribution < -0.4 is 16.0 Å². The Bertz CT molecular complexity index is 1430. The smallest absolute Gasteiger partial charge is 0.408 e. The lowest BCUT2D eigenvalue weighted by Gasteiger charge is -2.35. The number of nitrogens with zero attached hydrogens (tertiary/aromatic N) is 1. The van der Waals surface area contributed by atoms with E-state index in [4.69, 9.17) is 9.47 Å². The Balaban J connectivity index is 1.50. The zero-order chi connectivity index (χ0) is 36.5. The molecule has 1 saturated heterocycles. The second kappa shape index (κ2) is 14.5. The van der Waals surface area contributed by atoms with Gasteiger partial charge in [0.1, 0.15) is 23.3 Å². The van der Waals surface area contributed by atoms with Crippen LogP contribution in [-0.4, -0.2) is 82.9 Å². The van der Waals surface area contributed by atoms with Gasteiger partial charge in [0.15, 0.2) is 0 Å². The first-order valence-corrected chi connectivity index (χ1v) is 17.4. The number of hydrogen-bond acceptors (Lipinski definition) is 8. The van der Waals surface area contributed by atoms with E-state index in [1.165, 1.54) is 0 Å². The molecule has 0 bridgehead atoms. The van der Waals surface area contributed by atoms with E-state index in [1.807, 2.05) is 31.2 Å². The van der Waals surface area contributed by atoms with E-state index in [-0.39, 0.29) is 48.5 Å². The number of esters is 1. The number of likely N-dealkylation sites (tertiary alicyclic amines) is 1. The minimum Gasteiger partial charge on any atom is -0.460 e. The Morgan fingerprint density at radius 3 is 2.06 bits per heavy atom. The van der Waals surface area contributed by atoms with Gasteiger partial charge in [-0.1, -0.05) is 51.5 Å². The van der Waals surface area contributed by atoms with Gasteiger partial charge in [0.05, 0.1) is 12.5 Å². The Labute approximate surface area is 289 Å². The zero-order valence-corrected chi connectivity index (χ0v) is 30.4. The Kier molecular flexibility index (Phi) is 11.2. The summed E-state index contributed by atoms with van der Waals surface area (Å²) in [5.41, 5.74) is 0.564. The molecule has 49 heavy (non-hydrogen) atoms. The average molecular weight is 683 g/mol. The number of amides is 4. The maximum atomic E-state index is 14.5. The van der Waals surface area contributed by atoms with Crippen molar-refractivity contribution < 1.29 is 38.2 Å². The highest BCUT2D eigenvalue weighted by Crippen LogP contribution is 2.65. The molecule has 0 aromatic heterocycles. The second-order valence-corrected chi connectivity index (χ2v) is 16.3. The first-order valence-electron chi connectivity index (χ1n) is 17.4. The summed E-state index contributed by atoms with van der Waals surface area (Å²) < 4.78 is 10.8. The van der Waals surface area contributed by atoms with Gasteiger partial charge in [-0.25, -0.2) is 4.79 Å². The Morgan fingerprint density at radius 2 is 1.51 bits per heavy atom. The van der Waals surface area contributed by atoms with Gasteiger partial charge in [-0.05, 0) is 95.1 Å². The molecule has 4 rings (SSSR count). The fourth-order valence-corrected chi connectivity index (χ4v) is 7.37. The minimum atomic E-state index is -1.11. The van der Waals surface area contributed by atoms with E-state index in [2.05, 4.69) is 29.8 Å². The van der Waals surface area contributed by atoms with Gasteiger partial charge in [0, 0.05) is 13.1 Å². The molecule has 1 heterocycles. The lowest BCUT2D eigenvalue weighted by atomic mass is 9.93. The molecule has 3 aliphatic rings. The SMILES string of the molecule is CCCC(NC(=O)[C@@H]1C2C(CN1C(=O)[C@@H](NC(=O)OC(C)(C)C)C1Cc3ccccc3C1)C2(C)C)C(=O)C(=O)NCCC(=O)OC(C)(C)C. The standard InChI is InChI=1S/C37H54N4O8/c1-10-13-25(30(43)32(45)38-17-16-26(42)48-35(2,3)4)39-31(44)29-27-24(37(27,8)9)20-41(29)33(46)28(40-34(47)49-36(5,6)7)23-18-21-14-11-12-15-22(21)19-23/h11-12,14-15,23-25,27-29H,10,13,16-20H2,1-9H3,(H,38,45)(H,39,44)(H,40,47)/t24?,25?,27?,28-,29-/m0/s1. The van der Waals surface area contributed by atoms with E-state index in [9.17, 15) is 28.8 Å². The summed E-state index contributed by atoms with van der Waals surface area (Å²) >= 11 is 0. The largest absolute Gasteiger partial charge is 0.460 e. The van der Waals surface area contributed by atoms with Gasteiger partial charge in [-0.3, -0.25) is 24.0 Å². The molecule has 270 valence electrons. The maximum Gasteiger partial charge on any atom is 0.408 e. The van der Waals surface area contributed by atoms with E-state index in [0.717, 1.165) is 11.1 Å². The molecule has 4 amide bonds. The number of ketones is 1. The van der Waals surface area contributed by atoms with Crippen molar-refractivity contribution in [1.82, 2.24) is 20.9 Å². The number of ether oxygens (including phenoxy) is 2. The van der Waals surface area contributed by atoms with Crippen LogP contribution in [-0.2, 0) is 46.3 Å². The predicted molar refractivity (Wildman–Crippen MR) is 182 cm³/mol. The van der Waals surface area contributed by atoms with Gasteiger partial charge in [0.25, 0.3) is 5.91 Å². The van der Waals surface area contributed by atoms with E-state index in [1.54, 1.807) is 46.4 Å². The van der Waals surface area contributed by atoms with Crippen LogP contribution in [0.15, 0.2) is 24.3 Å². The highest BCUT2D eigenvalue weighted by molar-refractivity contribution is 6.38. The molecule has 12 heteroatoms. The first-order chi connectivity index (χ1) is 22.7. The molecule has 5 atom stereocenters. The van der Waals surface area contributed by atoms with Crippen LogP contribution in [0.25, 0.3) is 0 Å². The fourth-order valence-electron chi connectivity index (χ4n) is 7.37. The van der Waals surface area contributed by atoms with E-state index < -0.39 is 59.0 Å². The first kappa shape index (κ1) is 37.9. The minimum absolute atomic E-state index is 0.0617. The summed E-state index contributed by atoms with van der Waals surface area (Å²) in [5, 5.41) is 8.11. The van der Waals surface area contributed by atoms with Gasteiger partial charge >= 0.3 is 12.1 Å². The van der Waals surface area contributed by atoms with Crippen molar-refractivity contribution in [3.8, 4) is 0 Å². The number of hydrogen-bond donors (Lipinski definition) is 3. The molecule has 0 spiro atoms. The van der Waals surface area contributed by atoms with Gasteiger partial charge in [-0.2, -0.15) is 0 Å². The van der Waals surface area contributed by atoms with Crippen molar-refractivity contribution in [3.63, 3.8) is 0 Å². The lowest BCUT2D eigenvalue weighted by Crippen LogP contribution is -2.59. The third kappa shape index (κ3) is 9.19. The summed E-state index contributed by atoms with van der Waals surface area (Å²) in [6, 6.07) is 5.00. The molecule has 0 radical (unpaired) electrons. The van der Waals surface area contributed by atoms with E-state index in [0.29, 0.717) is 25.8 Å². The number of rotatable bonds is 12. The number of Topliss-reactive ketones (excluding diaryl/α,β-unsaturated/α-hetero) is 1. The van der Waals surface area contributed by atoms with Crippen molar-refractivity contribution in [1.29, 1.82) is 0 Å². The monoisotopic (exact) mass is 682 g/mol. The van der Waals surface area contributed by atoms with Crippen LogP contribution in [0.3, 0.4) is 0 Å². The number of alkyl carbamates (subject to hydrolysis) is 1. The summed E-state index contributed by atoms with van der Waals surface area (Å²) in [6.45, 7) is 16.7. The maximum absolute atomic E-state index is 14.5. The predicted octanol–water partition coefficient (Wildman–Crippen LogP) is 3.48. The average Bonchev–Trinajstić information content (AvgIpc) is 3.33. The second-order valence-electron chi connectivity index (χ2n) is 16.3. The van der Waals surface area contributed by atoms with Crippen molar-refractivity contribution in [2.24, 2.45) is 23.2 Å². The Morgan fingerprint density at radius 1 is 0.918 bits per heavy atom. The van der Waals surface area contributed by atoms with Crippen LogP contribution in [0.2, 0.25) is 0 Å². The molecular formula is C37H54N4O8. The molecule has 1 saturated carbocycles. The quantitative estimate of drug-likeness (QED) is 0.223. The highest BCUT2D eigenvalue weighted by atomic mass is 16.6. The van der Waals surface area contributed by atoms with Gasteiger partial charge in [0.2, 0.25) is 17.6 Å². The number of carbonyl (C=O) groups excluding carboxylic acids is 6. The lowest BCUT2D eigenvalue weighted by molar-refractivity contribution is -0.154. The van der Waals surface area contributed by atoms with E-state index >= 15 is 0 Å². The normalized spacial score (nSPS) is 22.2. The van der Waals surface area contributed by atoms with Crippen LogP contribution in [0.4, 0.5) is 4.79 Å². The third-order valence-electron chi connectivity index (χ3n) is 9.72. The van der Waals surface area contributed by atoms with Gasteiger partial charge < -0.3 is 30.3 Å². The third-order valence-corrected chi connectivity index (χ3v) is 9.72. The summed E-state index contributed by atoms with van der Waals surface area (Å²) in [6.07, 6.45) is 1.08. The summed E-state index contributed by atoms with van der Waals surface area (Å²) in [4.78, 5) is 81.3. The summed E-state index contributed by atoms with van der Waals surface area (Å²) in [7, 11) is 0. The molecular weight excluding hydrogens is 628 g/mol. The molecule has 3 unspecified atom stereocenters. The Hall–Kier alpha value is -3.96. The topological polar surface area (TPSA) is 160 Å². The number of fused-ring (bicyclic) bond motifs is 2. The van der Waals surface area contributed by atoms with Crippen molar-refractivity contribution >= 4 is 35.6 Å². The van der Waals surface area contributed by atoms with Crippen molar-refractivity contribution in [2.45, 2.75) is 124 Å². The molecule has 2 fully saturated rings.